The summed E-state index contributed by atoms with van der Waals surface area (Å²) >= 11 is 0. The quantitative estimate of drug-likeness (QED) is 0.466. The number of rotatable bonds is 8. The Morgan fingerprint density at radius 2 is 1.39 bits per heavy atom. The first-order valence-corrected chi connectivity index (χ1v) is 11.7. The Morgan fingerprint density at radius 1 is 0.727 bits per heavy atom. The second-order valence-corrected chi connectivity index (χ2v) is 8.49. The first-order chi connectivity index (χ1) is 16.3. The normalized spacial score (nSPS) is 19.2. The van der Waals surface area contributed by atoms with Crippen molar-refractivity contribution in [1.82, 2.24) is 4.98 Å². The van der Waals surface area contributed by atoms with Crippen molar-refractivity contribution in [2.24, 2.45) is 9.98 Å². The summed E-state index contributed by atoms with van der Waals surface area (Å²) in [4.78, 5) is 14.5. The maximum Gasteiger partial charge on any atom is 0.235 e. The van der Waals surface area contributed by atoms with Crippen molar-refractivity contribution in [3.05, 3.63) is 101 Å². The van der Waals surface area contributed by atoms with Crippen molar-refractivity contribution in [3.8, 4) is 11.8 Å². The van der Waals surface area contributed by atoms with Gasteiger partial charge in [0.15, 0.2) is 0 Å². The summed E-state index contributed by atoms with van der Waals surface area (Å²) in [5.74, 6) is 7.08. The summed E-state index contributed by atoms with van der Waals surface area (Å²) in [6.07, 6.45) is 4.76. The molecule has 0 N–H and O–H groups in total. The molecule has 0 radical (unpaired) electrons. The summed E-state index contributed by atoms with van der Waals surface area (Å²) in [5.41, 5.74) is 4.98. The number of pyridine rings is 1. The van der Waals surface area contributed by atoms with Crippen LogP contribution in [0.1, 0.15) is 41.8 Å². The molecule has 0 amide bonds. The average Bonchev–Trinajstić information content (AvgIpc) is 3.37. The maximum absolute atomic E-state index is 5.90. The van der Waals surface area contributed by atoms with Crippen molar-refractivity contribution in [3.63, 3.8) is 0 Å². The van der Waals surface area contributed by atoms with E-state index >= 15 is 0 Å². The number of benzene rings is 2. The lowest BCUT2D eigenvalue weighted by molar-refractivity contribution is 0.311. The van der Waals surface area contributed by atoms with Gasteiger partial charge in [0.05, 0.1) is 17.8 Å². The molecule has 1 aromatic heterocycles. The Bertz CT molecular complexity index is 1210. The van der Waals surface area contributed by atoms with Crippen LogP contribution >= 0.6 is 0 Å². The molecule has 2 atom stereocenters. The maximum atomic E-state index is 5.90. The Balaban J connectivity index is 1.24. The van der Waals surface area contributed by atoms with E-state index in [1.165, 1.54) is 11.1 Å². The van der Waals surface area contributed by atoms with Crippen LogP contribution in [0.15, 0.2) is 88.8 Å². The highest BCUT2D eigenvalue weighted by Gasteiger charge is 2.22. The summed E-state index contributed by atoms with van der Waals surface area (Å²) < 4.78 is 5.90. The van der Waals surface area contributed by atoms with Crippen LogP contribution in [0.5, 0.6) is 0 Å². The largest absolute Gasteiger partial charge is 0.474 e. The molecule has 0 saturated heterocycles. The van der Waals surface area contributed by atoms with Crippen molar-refractivity contribution >= 4 is 11.6 Å². The van der Waals surface area contributed by atoms with Crippen molar-refractivity contribution in [2.45, 2.75) is 44.2 Å². The van der Waals surface area contributed by atoms with Crippen molar-refractivity contribution in [1.29, 1.82) is 0 Å². The van der Waals surface area contributed by atoms with Crippen LogP contribution in [0.3, 0.4) is 0 Å². The van der Waals surface area contributed by atoms with E-state index < -0.39 is 0 Å². The number of aliphatic imine (C=N–C) groups is 2. The molecule has 33 heavy (non-hydrogen) atoms. The molecule has 0 saturated carbocycles. The smallest absolute Gasteiger partial charge is 0.235 e. The number of ether oxygens (including phenoxy) is 1. The molecule has 2 aliphatic heterocycles. The minimum absolute atomic E-state index is 0.167. The molecule has 0 aliphatic carbocycles. The fraction of sp³-hybridized carbons (Fsp3) is 0.276. The number of hydrogen-bond acceptors (Lipinski definition) is 4. The van der Waals surface area contributed by atoms with Crippen LogP contribution in [-0.2, 0) is 17.6 Å². The predicted molar refractivity (Wildman–Crippen MR) is 133 cm³/mol. The second-order valence-electron chi connectivity index (χ2n) is 8.49. The third-order valence-corrected chi connectivity index (χ3v) is 6.00. The lowest BCUT2D eigenvalue weighted by Gasteiger charge is -2.14. The molecule has 4 heteroatoms. The second kappa shape index (κ2) is 10.3. The standard InChI is InChI=1S/C29H27N3O/c1-3-9-22(10-4-1)17-19-24-13-7-14-26(30-24)27-15-8-16-28(32-27)29-31-25(21-33-29)20-18-23-11-5-2-6-12-23/h1-6,8-12,15-16,24-25H,13,17-21H2/t24-,25+/m1/s1. The minimum atomic E-state index is 0.167. The molecule has 4 nitrogen and oxygen atoms in total. The van der Waals surface area contributed by atoms with Crippen LogP contribution in [0.2, 0.25) is 0 Å². The SMILES string of the molecule is C1#CC(c2cccc(C3=N[C@@H](CCc4ccccc4)CO3)n2)=N[C@@H](CCc2ccccc2)C1. The van der Waals surface area contributed by atoms with Gasteiger partial charge in [-0.15, -0.1) is 0 Å². The molecule has 3 aromatic rings. The van der Waals surface area contributed by atoms with Gasteiger partial charge in [-0.05, 0) is 54.9 Å². The molecule has 3 heterocycles. The monoisotopic (exact) mass is 433 g/mol. The zero-order valence-electron chi connectivity index (χ0n) is 18.7. The van der Waals surface area contributed by atoms with Gasteiger partial charge < -0.3 is 4.74 Å². The molecule has 5 rings (SSSR count). The number of aryl methyl sites for hydroxylation is 2. The van der Waals surface area contributed by atoms with Crippen molar-refractivity contribution in [2.75, 3.05) is 6.61 Å². The zero-order valence-corrected chi connectivity index (χ0v) is 18.7. The molecule has 0 fully saturated rings. The van der Waals surface area contributed by atoms with Crippen LogP contribution < -0.4 is 0 Å². The van der Waals surface area contributed by atoms with Gasteiger partial charge in [-0.1, -0.05) is 72.7 Å². The van der Waals surface area contributed by atoms with Gasteiger partial charge in [-0.25, -0.2) is 9.98 Å². The molecule has 2 aromatic carbocycles. The van der Waals surface area contributed by atoms with Crippen LogP contribution in [-0.4, -0.2) is 35.3 Å². The Hall–Kier alpha value is -3.71. The summed E-state index contributed by atoms with van der Waals surface area (Å²) in [7, 11) is 0. The zero-order chi connectivity index (χ0) is 22.3. The number of aromatic nitrogens is 1. The van der Waals surface area contributed by atoms with E-state index in [2.05, 4.69) is 60.4 Å². The highest BCUT2D eigenvalue weighted by molar-refractivity contribution is 6.12. The fourth-order valence-electron chi connectivity index (χ4n) is 4.15. The number of nitrogens with zero attached hydrogens (tertiary/aromatic N) is 3. The van der Waals surface area contributed by atoms with E-state index in [9.17, 15) is 0 Å². The van der Waals surface area contributed by atoms with Crippen LogP contribution in [0, 0.1) is 11.8 Å². The molecule has 164 valence electrons. The van der Waals surface area contributed by atoms with Gasteiger partial charge >= 0.3 is 0 Å². The Morgan fingerprint density at radius 3 is 2.12 bits per heavy atom. The summed E-state index contributed by atoms with van der Waals surface area (Å²) in [6.45, 7) is 0.608. The van der Waals surface area contributed by atoms with E-state index in [-0.39, 0.29) is 12.1 Å². The van der Waals surface area contributed by atoms with Gasteiger partial charge in [0.1, 0.15) is 18.0 Å². The van der Waals surface area contributed by atoms with E-state index in [4.69, 9.17) is 19.7 Å². The lowest BCUT2D eigenvalue weighted by atomic mass is 10.0. The highest BCUT2D eigenvalue weighted by atomic mass is 16.5. The Labute approximate surface area is 195 Å². The van der Waals surface area contributed by atoms with E-state index in [1.807, 2.05) is 30.3 Å². The van der Waals surface area contributed by atoms with E-state index in [0.29, 0.717) is 12.5 Å². The van der Waals surface area contributed by atoms with E-state index in [0.717, 1.165) is 49.2 Å². The number of hydrogen-bond donors (Lipinski definition) is 0. The molecular formula is C29H27N3O. The third kappa shape index (κ3) is 5.56. The highest BCUT2D eigenvalue weighted by Crippen LogP contribution is 2.18. The van der Waals surface area contributed by atoms with E-state index in [1.54, 1.807) is 0 Å². The molecule has 0 bridgehead atoms. The predicted octanol–water partition coefficient (Wildman–Crippen LogP) is 5.06. The molecular weight excluding hydrogens is 406 g/mol. The topological polar surface area (TPSA) is 46.8 Å². The molecule has 0 unspecified atom stereocenters. The summed E-state index contributed by atoms with van der Waals surface area (Å²) in [5, 5.41) is 0. The summed E-state index contributed by atoms with van der Waals surface area (Å²) in [6, 6.07) is 27.3. The third-order valence-electron chi connectivity index (χ3n) is 6.00. The van der Waals surface area contributed by atoms with Gasteiger partial charge in [-0.2, -0.15) is 0 Å². The van der Waals surface area contributed by atoms with Crippen LogP contribution in [0.4, 0.5) is 0 Å². The van der Waals surface area contributed by atoms with Gasteiger partial charge in [0, 0.05) is 6.42 Å². The fourth-order valence-corrected chi connectivity index (χ4v) is 4.15. The lowest BCUT2D eigenvalue weighted by Crippen LogP contribution is -2.16. The molecule has 2 aliphatic rings. The van der Waals surface area contributed by atoms with Crippen LogP contribution in [0.25, 0.3) is 0 Å². The Kier molecular flexibility index (Phi) is 6.58. The van der Waals surface area contributed by atoms with Gasteiger partial charge in [0.25, 0.3) is 0 Å². The van der Waals surface area contributed by atoms with Gasteiger partial charge in [-0.3, -0.25) is 4.99 Å². The minimum Gasteiger partial charge on any atom is -0.474 e. The van der Waals surface area contributed by atoms with Gasteiger partial charge in [0.2, 0.25) is 5.90 Å². The van der Waals surface area contributed by atoms with Crippen molar-refractivity contribution < 1.29 is 4.74 Å². The molecule has 0 spiro atoms. The first-order valence-electron chi connectivity index (χ1n) is 11.7. The average molecular weight is 434 g/mol. The first kappa shape index (κ1) is 21.2.